The van der Waals surface area contributed by atoms with Crippen molar-refractivity contribution in [2.24, 2.45) is 0 Å². The third-order valence-electron chi connectivity index (χ3n) is 3.65. The summed E-state index contributed by atoms with van der Waals surface area (Å²) in [6.07, 6.45) is 0.389. The van der Waals surface area contributed by atoms with E-state index in [-0.39, 0.29) is 11.5 Å². The van der Waals surface area contributed by atoms with Gasteiger partial charge in [-0.1, -0.05) is 6.07 Å². The first-order valence-corrected chi connectivity index (χ1v) is 9.33. The Bertz CT molecular complexity index is 720. The molecule has 0 unspecified atom stereocenters. The van der Waals surface area contributed by atoms with Gasteiger partial charge in [0.15, 0.2) is 9.84 Å². The molecule has 132 valence electrons. The lowest BCUT2D eigenvalue weighted by molar-refractivity contribution is -0.117. The molecule has 1 aliphatic rings. The van der Waals surface area contributed by atoms with E-state index in [1.54, 1.807) is 31.2 Å². The van der Waals surface area contributed by atoms with Crippen molar-refractivity contribution in [1.82, 2.24) is 10.6 Å². The SMILES string of the molecule is COc1cccc(NC(=O)[C@H](C)NC(=O)N[C@@H]2CCS(=O)(=O)C2)c1. The summed E-state index contributed by atoms with van der Waals surface area (Å²) in [6, 6.07) is 5.09. The number of rotatable bonds is 5. The number of amides is 3. The maximum absolute atomic E-state index is 12.1. The number of nitrogens with one attached hydrogen (secondary N) is 3. The molecule has 24 heavy (non-hydrogen) atoms. The predicted octanol–water partition coefficient (Wildman–Crippen LogP) is 0.508. The van der Waals surface area contributed by atoms with Crippen LogP contribution in [-0.2, 0) is 14.6 Å². The molecule has 2 atom stereocenters. The Labute approximate surface area is 140 Å². The van der Waals surface area contributed by atoms with Crippen molar-refractivity contribution in [3.63, 3.8) is 0 Å². The third-order valence-corrected chi connectivity index (χ3v) is 5.41. The van der Waals surface area contributed by atoms with Gasteiger partial charge in [-0.25, -0.2) is 13.2 Å². The van der Waals surface area contributed by atoms with E-state index in [1.807, 2.05) is 0 Å². The standard InChI is InChI=1S/C15H21N3O5S/c1-10(14(19)17-11-4-3-5-13(8-11)23-2)16-15(20)18-12-6-7-24(21,22)9-12/h3-5,8,10,12H,6-7,9H2,1-2H3,(H,17,19)(H2,16,18,20)/t10-,12+/m0/s1. The van der Waals surface area contributed by atoms with Crippen LogP contribution in [0.3, 0.4) is 0 Å². The lowest BCUT2D eigenvalue weighted by Gasteiger charge is -2.17. The average molecular weight is 355 g/mol. The van der Waals surface area contributed by atoms with Gasteiger partial charge in [-0.3, -0.25) is 4.79 Å². The van der Waals surface area contributed by atoms with Crippen molar-refractivity contribution < 1.29 is 22.7 Å². The predicted molar refractivity (Wildman–Crippen MR) is 89.8 cm³/mol. The first kappa shape index (κ1) is 18.1. The topological polar surface area (TPSA) is 114 Å². The molecule has 1 aromatic rings. The van der Waals surface area contributed by atoms with Crippen LogP contribution in [0.5, 0.6) is 5.75 Å². The molecule has 0 aromatic heterocycles. The summed E-state index contributed by atoms with van der Waals surface area (Å²) in [5.74, 6) is 0.222. The first-order valence-electron chi connectivity index (χ1n) is 7.51. The molecule has 2 rings (SSSR count). The molecule has 0 aliphatic carbocycles. The maximum atomic E-state index is 12.1. The van der Waals surface area contributed by atoms with Crippen LogP contribution in [0.15, 0.2) is 24.3 Å². The monoisotopic (exact) mass is 355 g/mol. The van der Waals surface area contributed by atoms with Gasteiger partial charge >= 0.3 is 6.03 Å². The van der Waals surface area contributed by atoms with Gasteiger partial charge in [0.2, 0.25) is 5.91 Å². The smallest absolute Gasteiger partial charge is 0.315 e. The molecule has 1 saturated heterocycles. The Morgan fingerprint density at radius 3 is 2.71 bits per heavy atom. The molecule has 1 heterocycles. The zero-order valence-corrected chi connectivity index (χ0v) is 14.4. The van der Waals surface area contributed by atoms with Gasteiger partial charge in [-0.15, -0.1) is 0 Å². The Morgan fingerprint density at radius 1 is 1.33 bits per heavy atom. The third kappa shape index (κ3) is 5.12. The van der Waals surface area contributed by atoms with Crippen LogP contribution in [0.25, 0.3) is 0 Å². The van der Waals surface area contributed by atoms with E-state index in [2.05, 4.69) is 16.0 Å². The maximum Gasteiger partial charge on any atom is 0.315 e. The fourth-order valence-corrected chi connectivity index (χ4v) is 4.02. The fourth-order valence-electron chi connectivity index (χ4n) is 2.35. The van der Waals surface area contributed by atoms with E-state index >= 15 is 0 Å². The van der Waals surface area contributed by atoms with Crippen LogP contribution >= 0.6 is 0 Å². The molecule has 0 spiro atoms. The number of carbonyl (C=O) groups excluding carboxylic acids is 2. The minimum Gasteiger partial charge on any atom is -0.497 e. The van der Waals surface area contributed by atoms with Crippen molar-refractivity contribution in [1.29, 1.82) is 0 Å². The minimum atomic E-state index is -3.07. The Hall–Kier alpha value is -2.29. The summed E-state index contributed by atoms with van der Waals surface area (Å²) in [6.45, 7) is 1.54. The number of ether oxygens (including phenoxy) is 1. The fraction of sp³-hybridized carbons (Fsp3) is 0.467. The summed E-state index contributed by atoms with van der Waals surface area (Å²) < 4.78 is 27.8. The molecule has 0 bridgehead atoms. The van der Waals surface area contributed by atoms with Gasteiger partial charge in [0.1, 0.15) is 11.8 Å². The normalized spacial score (nSPS) is 20.0. The van der Waals surface area contributed by atoms with Gasteiger partial charge in [0, 0.05) is 17.8 Å². The van der Waals surface area contributed by atoms with Gasteiger partial charge in [-0.05, 0) is 25.5 Å². The van der Waals surface area contributed by atoms with Crippen molar-refractivity contribution in [3.05, 3.63) is 24.3 Å². The molecule has 1 aromatic carbocycles. The Balaban J connectivity index is 1.83. The highest BCUT2D eigenvalue weighted by atomic mass is 32.2. The van der Waals surface area contributed by atoms with Crippen molar-refractivity contribution in [2.45, 2.75) is 25.4 Å². The molecule has 3 amide bonds. The molecule has 9 heteroatoms. The lowest BCUT2D eigenvalue weighted by Crippen LogP contribution is -2.49. The Morgan fingerprint density at radius 2 is 2.08 bits per heavy atom. The van der Waals surface area contributed by atoms with Gasteiger partial charge in [0.25, 0.3) is 0 Å². The summed E-state index contributed by atoms with van der Waals surface area (Å²) >= 11 is 0. The van der Waals surface area contributed by atoms with E-state index in [0.29, 0.717) is 17.9 Å². The molecule has 0 saturated carbocycles. The quantitative estimate of drug-likeness (QED) is 0.712. The van der Waals surface area contributed by atoms with Gasteiger partial charge in [-0.2, -0.15) is 0 Å². The van der Waals surface area contributed by atoms with Gasteiger partial charge in [0.05, 0.1) is 18.6 Å². The van der Waals surface area contributed by atoms with Gasteiger partial charge < -0.3 is 20.7 Å². The second kappa shape index (κ2) is 7.52. The zero-order chi connectivity index (χ0) is 17.7. The van der Waals surface area contributed by atoms with Crippen LogP contribution in [0, 0.1) is 0 Å². The number of urea groups is 1. The second-order valence-corrected chi connectivity index (χ2v) is 7.89. The van der Waals surface area contributed by atoms with Crippen molar-refractivity contribution >= 4 is 27.5 Å². The molecule has 0 radical (unpaired) electrons. The van der Waals surface area contributed by atoms with E-state index in [9.17, 15) is 18.0 Å². The largest absolute Gasteiger partial charge is 0.497 e. The highest BCUT2D eigenvalue weighted by Crippen LogP contribution is 2.16. The average Bonchev–Trinajstić information content (AvgIpc) is 2.85. The summed E-state index contributed by atoms with van der Waals surface area (Å²) in [7, 11) is -1.54. The molecule has 1 fully saturated rings. The zero-order valence-electron chi connectivity index (χ0n) is 13.5. The number of anilines is 1. The van der Waals surface area contributed by atoms with Crippen LogP contribution in [-0.4, -0.2) is 51.1 Å². The van der Waals surface area contributed by atoms with Crippen LogP contribution in [0.4, 0.5) is 10.5 Å². The first-order chi connectivity index (χ1) is 11.3. The number of benzene rings is 1. The highest BCUT2D eigenvalue weighted by molar-refractivity contribution is 7.91. The number of methoxy groups -OCH3 is 1. The number of carbonyl (C=O) groups is 2. The minimum absolute atomic E-state index is 0.0647. The van der Waals surface area contributed by atoms with E-state index in [0.717, 1.165) is 0 Å². The number of hydrogen-bond acceptors (Lipinski definition) is 5. The summed E-state index contributed by atoms with van der Waals surface area (Å²) in [4.78, 5) is 24.0. The van der Waals surface area contributed by atoms with Crippen LogP contribution in [0.1, 0.15) is 13.3 Å². The lowest BCUT2D eigenvalue weighted by atomic mass is 10.2. The number of sulfone groups is 1. The van der Waals surface area contributed by atoms with Crippen LogP contribution < -0.4 is 20.7 Å². The molecular formula is C15H21N3O5S. The van der Waals surface area contributed by atoms with Crippen molar-refractivity contribution in [2.75, 3.05) is 23.9 Å². The van der Waals surface area contributed by atoms with Crippen molar-refractivity contribution in [3.8, 4) is 5.75 Å². The van der Waals surface area contributed by atoms with Crippen LogP contribution in [0.2, 0.25) is 0 Å². The molecule has 1 aliphatic heterocycles. The Kier molecular flexibility index (Phi) is 5.66. The highest BCUT2D eigenvalue weighted by Gasteiger charge is 2.29. The number of hydrogen-bond donors (Lipinski definition) is 3. The molecular weight excluding hydrogens is 334 g/mol. The molecule has 3 N–H and O–H groups in total. The van der Waals surface area contributed by atoms with E-state index < -0.39 is 33.9 Å². The summed E-state index contributed by atoms with van der Waals surface area (Å²) in [5, 5.41) is 7.74. The van der Waals surface area contributed by atoms with E-state index in [4.69, 9.17) is 4.74 Å². The summed E-state index contributed by atoms with van der Waals surface area (Å²) in [5.41, 5.74) is 0.551. The second-order valence-electron chi connectivity index (χ2n) is 5.66. The van der Waals surface area contributed by atoms with E-state index in [1.165, 1.54) is 7.11 Å². The molecule has 8 nitrogen and oxygen atoms in total.